The summed E-state index contributed by atoms with van der Waals surface area (Å²) in [6.07, 6.45) is 1.56. The average molecular weight is 277 g/mol. The molecular formula is C13H15N3O2S. The molecule has 2 aromatic rings. The minimum atomic E-state index is -0.382. The van der Waals surface area contributed by atoms with Gasteiger partial charge in [-0.1, -0.05) is 13.8 Å². The van der Waals surface area contributed by atoms with Crippen molar-refractivity contribution in [1.29, 1.82) is 0 Å². The van der Waals surface area contributed by atoms with Gasteiger partial charge in [-0.05, 0) is 18.1 Å². The summed E-state index contributed by atoms with van der Waals surface area (Å²) in [4.78, 5) is 20.0. The number of aromatic nitrogens is 2. The summed E-state index contributed by atoms with van der Waals surface area (Å²) < 4.78 is 4.67. The van der Waals surface area contributed by atoms with Crippen LogP contribution in [0, 0.1) is 0 Å². The SMILES string of the molecule is COC(=O)c1ccnc(Nc2nc(C(C)C)cs2)c1. The standard InChI is InChI=1S/C13H15N3O2S/c1-8(2)10-7-19-13(15-10)16-11-6-9(4-5-14-11)12(17)18-3/h4-8H,1-3H3,(H,14,15,16). The van der Waals surface area contributed by atoms with Crippen molar-refractivity contribution in [2.24, 2.45) is 0 Å². The van der Waals surface area contributed by atoms with Gasteiger partial charge in [-0.3, -0.25) is 0 Å². The van der Waals surface area contributed by atoms with E-state index in [9.17, 15) is 4.79 Å². The summed E-state index contributed by atoms with van der Waals surface area (Å²) in [6.45, 7) is 4.18. The smallest absolute Gasteiger partial charge is 0.338 e. The van der Waals surface area contributed by atoms with Crippen molar-refractivity contribution in [3.63, 3.8) is 0 Å². The van der Waals surface area contributed by atoms with Gasteiger partial charge in [0, 0.05) is 11.6 Å². The van der Waals surface area contributed by atoms with E-state index >= 15 is 0 Å². The van der Waals surface area contributed by atoms with Crippen LogP contribution in [0.5, 0.6) is 0 Å². The van der Waals surface area contributed by atoms with E-state index in [2.05, 4.69) is 33.9 Å². The van der Waals surface area contributed by atoms with Crippen LogP contribution in [0.2, 0.25) is 0 Å². The number of rotatable bonds is 4. The Morgan fingerprint density at radius 3 is 2.89 bits per heavy atom. The molecule has 0 unspecified atom stereocenters. The van der Waals surface area contributed by atoms with Gasteiger partial charge >= 0.3 is 5.97 Å². The van der Waals surface area contributed by atoms with Crippen LogP contribution in [-0.2, 0) is 4.74 Å². The van der Waals surface area contributed by atoms with E-state index in [1.807, 2.05) is 5.38 Å². The first-order valence-corrected chi connectivity index (χ1v) is 6.75. The Kier molecular flexibility index (Phi) is 4.11. The molecule has 0 spiro atoms. The fourth-order valence-electron chi connectivity index (χ4n) is 1.46. The third-order valence-electron chi connectivity index (χ3n) is 2.53. The first-order valence-electron chi connectivity index (χ1n) is 5.87. The molecule has 1 N–H and O–H groups in total. The van der Waals surface area contributed by atoms with Crippen molar-refractivity contribution in [3.05, 3.63) is 35.0 Å². The van der Waals surface area contributed by atoms with Gasteiger partial charge in [-0.15, -0.1) is 11.3 Å². The number of nitrogens with zero attached hydrogens (tertiary/aromatic N) is 2. The Balaban J connectivity index is 2.16. The Labute approximate surface area is 115 Å². The van der Waals surface area contributed by atoms with E-state index in [1.165, 1.54) is 18.4 Å². The molecule has 0 saturated heterocycles. The zero-order chi connectivity index (χ0) is 13.8. The fourth-order valence-corrected chi connectivity index (χ4v) is 2.34. The minimum absolute atomic E-state index is 0.382. The quantitative estimate of drug-likeness (QED) is 0.869. The van der Waals surface area contributed by atoms with Gasteiger partial charge in [0.05, 0.1) is 18.4 Å². The minimum Gasteiger partial charge on any atom is -0.465 e. The van der Waals surface area contributed by atoms with Crippen LogP contribution in [0.25, 0.3) is 0 Å². The van der Waals surface area contributed by atoms with Crippen molar-refractivity contribution >= 4 is 28.3 Å². The molecule has 0 aliphatic heterocycles. The molecule has 0 amide bonds. The lowest BCUT2D eigenvalue weighted by atomic mass is 10.2. The van der Waals surface area contributed by atoms with Gasteiger partial charge in [0.25, 0.3) is 0 Å². The van der Waals surface area contributed by atoms with Crippen LogP contribution in [0.4, 0.5) is 10.9 Å². The van der Waals surface area contributed by atoms with E-state index < -0.39 is 0 Å². The maximum absolute atomic E-state index is 11.4. The summed E-state index contributed by atoms with van der Waals surface area (Å²) in [6, 6.07) is 3.25. The number of carbonyl (C=O) groups excluding carboxylic acids is 1. The monoisotopic (exact) mass is 277 g/mol. The molecule has 2 aromatic heterocycles. The van der Waals surface area contributed by atoms with Gasteiger partial charge < -0.3 is 10.1 Å². The molecule has 0 aliphatic rings. The van der Waals surface area contributed by atoms with Crippen LogP contribution < -0.4 is 5.32 Å². The third kappa shape index (κ3) is 3.29. The van der Waals surface area contributed by atoms with Crippen LogP contribution >= 0.6 is 11.3 Å². The number of nitrogens with one attached hydrogen (secondary N) is 1. The fraction of sp³-hybridized carbons (Fsp3) is 0.308. The molecule has 5 nitrogen and oxygen atoms in total. The molecular weight excluding hydrogens is 262 g/mol. The molecule has 0 fully saturated rings. The maximum Gasteiger partial charge on any atom is 0.338 e. The second kappa shape index (κ2) is 5.79. The second-order valence-electron chi connectivity index (χ2n) is 4.28. The van der Waals surface area contributed by atoms with Gasteiger partial charge in [0.2, 0.25) is 0 Å². The average Bonchev–Trinajstić information content (AvgIpc) is 2.87. The van der Waals surface area contributed by atoms with Crippen LogP contribution in [-0.4, -0.2) is 23.0 Å². The Hall–Kier alpha value is -1.95. The Morgan fingerprint density at radius 1 is 1.47 bits per heavy atom. The third-order valence-corrected chi connectivity index (χ3v) is 3.31. The van der Waals surface area contributed by atoms with Crippen LogP contribution in [0.15, 0.2) is 23.7 Å². The predicted octanol–water partition coefficient (Wildman–Crippen LogP) is 3.19. The Morgan fingerprint density at radius 2 is 2.26 bits per heavy atom. The molecule has 19 heavy (non-hydrogen) atoms. The number of hydrogen-bond acceptors (Lipinski definition) is 6. The maximum atomic E-state index is 11.4. The number of esters is 1. The number of ether oxygens (including phenoxy) is 1. The number of carbonyl (C=O) groups is 1. The van der Waals surface area contributed by atoms with Gasteiger partial charge in [0.1, 0.15) is 5.82 Å². The molecule has 0 saturated carbocycles. The lowest BCUT2D eigenvalue weighted by Gasteiger charge is -2.04. The zero-order valence-corrected chi connectivity index (χ0v) is 11.8. The second-order valence-corrected chi connectivity index (χ2v) is 5.14. The highest BCUT2D eigenvalue weighted by atomic mass is 32.1. The van der Waals surface area contributed by atoms with E-state index in [1.54, 1.807) is 18.3 Å². The molecule has 2 rings (SSSR count). The highest BCUT2D eigenvalue weighted by Gasteiger charge is 2.09. The van der Waals surface area contributed by atoms with Crippen molar-refractivity contribution in [1.82, 2.24) is 9.97 Å². The lowest BCUT2D eigenvalue weighted by Crippen LogP contribution is -2.03. The molecule has 0 atom stereocenters. The van der Waals surface area contributed by atoms with Crippen molar-refractivity contribution in [2.75, 3.05) is 12.4 Å². The molecule has 6 heteroatoms. The molecule has 0 bridgehead atoms. The number of hydrogen-bond donors (Lipinski definition) is 1. The van der Waals surface area contributed by atoms with Crippen LogP contribution in [0.3, 0.4) is 0 Å². The van der Waals surface area contributed by atoms with E-state index in [0.29, 0.717) is 17.3 Å². The van der Waals surface area contributed by atoms with Crippen LogP contribution in [0.1, 0.15) is 35.8 Å². The summed E-state index contributed by atoms with van der Waals surface area (Å²) in [7, 11) is 1.35. The Bertz CT molecular complexity index is 581. The largest absolute Gasteiger partial charge is 0.465 e. The summed E-state index contributed by atoms with van der Waals surface area (Å²) in [5.74, 6) is 0.584. The first kappa shape index (κ1) is 13.5. The van der Waals surface area contributed by atoms with Gasteiger partial charge in [-0.2, -0.15) is 0 Å². The molecule has 0 aromatic carbocycles. The summed E-state index contributed by atoms with van der Waals surface area (Å²) in [5, 5.41) is 5.86. The zero-order valence-electron chi connectivity index (χ0n) is 11.0. The van der Waals surface area contributed by atoms with E-state index in [0.717, 1.165) is 10.8 Å². The normalized spacial score (nSPS) is 10.5. The number of methoxy groups -OCH3 is 1. The highest BCUT2D eigenvalue weighted by Crippen LogP contribution is 2.24. The molecule has 100 valence electrons. The first-order chi connectivity index (χ1) is 9.10. The summed E-state index contributed by atoms with van der Waals surface area (Å²) >= 11 is 1.51. The van der Waals surface area contributed by atoms with Crippen molar-refractivity contribution in [2.45, 2.75) is 19.8 Å². The number of thiazole rings is 1. The summed E-state index contributed by atoms with van der Waals surface area (Å²) in [5.41, 5.74) is 1.50. The van der Waals surface area contributed by atoms with Gasteiger partial charge in [-0.25, -0.2) is 14.8 Å². The topological polar surface area (TPSA) is 64.1 Å². The molecule has 0 aliphatic carbocycles. The van der Waals surface area contributed by atoms with E-state index in [4.69, 9.17) is 0 Å². The predicted molar refractivity (Wildman–Crippen MR) is 75.1 cm³/mol. The van der Waals surface area contributed by atoms with Crippen molar-refractivity contribution in [3.8, 4) is 0 Å². The van der Waals surface area contributed by atoms with Gasteiger partial charge in [0.15, 0.2) is 5.13 Å². The number of pyridine rings is 1. The van der Waals surface area contributed by atoms with Crippen molar-refractivity contribution < 1.29 is 9.53 Å². The highest BCUT2D eigenvalue weighted by molar-refractivity contribution is 7.13. The molecule has 2 heterocycles. The number of anilines is 2. The van der Waals surface area contributed by atoms with E-state index in [-0.39, 0.29) is 5.97 Å². The molecule has 0 radical (unpaired) electrons. The lowest BCUT2D eigenvalue weighted by molar-refractivity contribution is 0.0600.